The Morgan fingerprint density at radius 2 is 1.68 bits per heavy atom. The Kier molecular flexibility index (Phi) is 3.28. The molecule has 5 heteroatoms. The predicted molar refractivity (Wildman–Crippen MR) is 77.7 cm³/mol. The van der Waals surface area contributed by atoms with Crippen molar-refractivity contribution in [1.82, 2.24) is 0 Å². The monoisotopic (exact) mass is 304 g/mol. The molecule has 3 aromatic rings. The fourth-order valence-electron chi connectivity index (χ4n) is 2.37. The van der Waals surface area contributed by atoms with Crippen molar-refractivity contribution in [3.8, 4) is 11.1 Å². The van der Waals surface area contributed by atoms with E-state index in [1.165, 1.54) is 24.3 Å². The molecule has 0 aliphatic rings. The minimum Gasteiger partial charge on any atom is -0.422 e. The van der Waals surface area contributed by atoms with E-state index in [1.807, 2.05) is 13.0 Å². The molecule has 0 aliphatic carbocycles. The van der Waals surface area contributed by atoms with Crippen LogP contribution in [0.3, 0.4) is 0 Å². The van der Waals surface area contributed by atoms with Crippen LogP contribution in [-0.2, 0) is 6.18 Å². The minimum absolute atomic E-state index is 0.0933. The van der Waals surface area contributed by atoms with E-state index in [1.54, 1.807) is 12.1 Å². The normalized spacial score (nSPS) is 11.8. The molecule has 0 N–H and O–H groups in total. The molecule has 2 nitrogen and oxygen atoms in total. The van der Waals surface area contributed by atoms with Crippen LogP contribution in [0.25, 0.3) is 22.1 Å². The second-order valence-electron chi connectivity index (χ2n) is 5.03. The van der Waals surface area contributed by atoms with E-state index < -0.39 is 17.4 Å². The number of hydrogen-bond donors (Lipinski definition) is 0. The van der Waals surface area contributed by atoms with Crippen LogP contribution < -0.4 is 5.63 Å². The van der Waals surface area contributed by atoms with Crippen molar-refractivity contribution >= 4 is 11.0 Å². The van der Waals surface area contributed by atoms with E-state index in [0.717, 1.165) is 11.6 Å². The van der Waals surface area contributed by atoms with Gasteiger partial charge in [-0.25, -0.2) is 4.79 Å². The van der Waals surface area contributed by atoms with E-state index in [-0.39, 0.29) is 11.1 Å². The molecule has 0 radical (unpaired) electrons. The molecule has 0 bridgehead atoms. The molecular weight excluding hydrogens is 293 g/mol. The number of rotatable bonds is 1. The van der Waals surface area contributed by atoms with Crippen molar-refractivity contribution in [2.75, 3.05) is 0 Å². The maximum atomic E-state index is 13.1. The highest BCUT2D eigenvalue weighted by molar-refractivity contribution is 5.82. The number of fused-ring (bicyclic) bond motifs is 1. The van der Waals surface area contributed by atoms with E-state index in [9.17, 15) is 18.0 Å². The quantitative estimate of drug-likeness (QED) is 0.605. The molecular formula is C17H11F3O2. The maximum Gasteiger partial charge on any atom is 0.417 e. The van der Waals surface area contributed by atoms with Crippen LogP contribution in [0, 0.1) is 6.92 Å². The highest BCUT2D eigenvalue weighted by Crippen LogP contribution is 2.36. The summed E-state index contributed by atoms with van der Waals surface area (Å²) in [4.78, 5) is 12.1. The summed E-state index contributed by atoms with van der Waals surface area (Å²) in [6, 6.07) is 11.6. The third-order valence-corrected chi connectivity index (χ3v) is 3.41. The van der Waals surface area contributed by atoms with Crippen LogP contribution in [0.1, 0.15) is 11.1 Å². The first-order chi connectivity index (χ1) is 10.4. The van der Waals surface area contributed by atoms with Crippen molar-refractivity contribution in [1.29, 1.82) is 0 Å². The Labute approximate surface area is 123 Å². The Morgan fingerprint density at radius 3 is 2.41 bits per heavy atom. The largest absolute Gasteiger partial charge is 0.422 e. The van der Waals surface area contributed by atoms with E-state index >= 15 is 0 Å². The summed E-state index contributed by atoms with van der Waals surface area (Å²) in [6.07, 6.45) is -4.54. The minimum atomic E-state index is -4.54. The maximum absolute atomic E-state index is 13.1. The highest BCUT2D eigenvalue weighted by Gasteiger charge is 2.34. The summed E-state index contributed by atoms with van der Waals surface area (Å²) in [5.41, 5.74) is -0.642. The predicted octanol–water partition coefficient (Wildman–Crippen LogP) is 4.79. The first-order valence-corrected chi connectivity index (χ1v) is 6.57. The van der Waals surface area contributed by atoms with Gasteiger partial charge < -0.3 is 4.42 Å². The van der Waals surface area contributed by atoms with Gasteiger partial charge in [-0.1, -0.05) is 30.3 Å². The molecule has 0 fully saturated rings. The van der Waals surface area contributed by atoms with Crippen LogP contribution in [0.2, 0.25) is 0 Å². The molecule has 0 amide bonds. The Morgan fingerprint density at radius 1 is 0.955 bits per heavy atom. The van der Waals surface area contributed by atoms with Gasteiger partial charge in [-0.3, -0.25) is 0 Å². The molecule has 1 aromatic heterocycles. The number of benzene rings is 2. The zero-order valence-corrected chi connectivity index (χ0v) is 11.6. The van der Waals surface area contributed by atoms with Crippen LogP contribution in [0.5, 0.6) is 0 Å². The molecule has 2 aromatic carbocycles. The van der Waals surface area contributed by atoms with Gasteiger partial charge in [-0.2, -0.15) is 13.2 Å². The van der Waals surface area contributed by atoms with Crippen LogP contribution in [0.15, 0.2) is 57.7 Å². The van der Waals surface area contributed by atoms with Gasteiger partial charge in [0.2, 0.25) is 0 Å². The lowest BCUT2D eigenvalue weighted by Gasteiger charge is -2.12. The summed E-state index contributed by atoms with van der Waals surface area (Å²) in [5.74, 6) is 0. The third kappa shape index (κ3) is 2.50. The molecule has 112 valence electrons. The summed E-state index contributed by atoms with van der Waals surface area (Å²) < 4.78 is 44.5. The Balaban J connectivity index is 2.30. The number of alkyl halides is 3. The van der Waals surface area contributed by atoms with Gasteiger partial charge in [-0.05, 0) is 30.7 Å². The lowest BCUT2D eigenvalue weighted by molar-refractivity contribution is -0.137. The van der Waals surface area contributed by atoms with Crippen LogP contribution >= 0.6 is 0 Å². The standard InChI is InChI=1S/C17H11F3O2/c1-10-6-7-11-9-13(16(21)22-15(11)8-10)12-4-2-3-5-14(12)17(18,19)20/h2-9H,1H3. The first kappa shape index (κ1) is 14.4. The van der Waals surface area contributed by atoms with Gasteiger partial charge in [0.1, 0.15) is 5.58 Å². The van der Waals surface area contributed by atoms with Crippen molar-refractivity contribution in [2.45, 2.75) is 13.1 Å². The average molecular weight is 304 g/mol. The van der Waals surface area contributed by atoms with Gasteiger partial charge in [0.25, 0.3) is 0 Å². The summed E-state index contributed by atoms with van der Waals surface area (Å²) >= 11 is 0. The molecule has 1 heterocycles. The molecule has 0 atom stereocenters. The number of halogens is 3. The Bertz CT molecular complexity index is 908. The van der Waals surface area contributed by atoms with E-state index in [4.69, 9.17) is 4.42 Å². The molecule has 0 saturated heterocycles. The summed E-state index contributed by atoms with van der Waals surface area (Å²) in [5, 5.41) is 0.581. The zero-order chi connectivity index (χ0) is 15.9. The van der Waals surface area contributed by atoms with Gasteiger partial charge in [-0.15, -0.1) is 0 Å². The summed E-state index contributed by atoms with van der Waals surface area (Å²) in [7, 11) is 0. The van der Waals surface area contributed by atoms with Crippen molar-refractivity contribution in [3.63, 3.8) is 0 Å². The molecule has 22 heavy (non-hydrogen) atoms. The molecule has 0 aliphatic heterocycles. The van der Waals surface area contributed by atoms with Gasteiger partial charge >= 0.3 is 11.8 Å². The first-order valence-electron chi connectivity index (χ1n) is 6.57. The lowest BCUT2D eigenvalue weighted by Crippen LogP contribution is -2.11. The summed E-state index contributed by atoms with van der Waals surface area (Å²) in [6.45, 7) is 1.84. The van der Waals surface area contributed by atoms with Crippen LogP contribution in [0.4, 0.5) is 13.2 Å². The fraction of sp³-hybridized carbons (Fsp3) is 0.118. The molecule has 0 spiro atoms. The van der Waals surface area contributed by atoms with E-state index in [2.05, 4.69) is 0 Å². The molecule has 0 saturated carbocycles. The second-order valence-corrected chi connectivity index (χ2v) is 5.03. The lowest BCUT2D eigenvalue weighted by atomic mass is 9.99. The SMILES string of the molecule is Cc1ccc2cc(-c3ccccc3C(F)(F)F)c(=O)oc2c1. The molecule has 0 unspecified atom stereocenters. The third-order valence-electron chi connectivity index (χ3n) is 3.41. The van der Waals surface area contributed by atoms with Gasteiger partial charge in [0.05, 0.1) is 11.1 Å². The van der Waals surface area contributed by atoms with Crippen molar-refractivity contribution in [2.24, 2.45) is 0 Å². The highest BCUT2D eigenvalue weighted by atomic mass is 19.4. The van der Waals surface area contributed by atoms with Crippen LogP contribution in [-0.4, -0.2) is 0 Å². The van der Waals surface area contributed by atoms with Crippen molar-refractivity contribution in [3.05, 3.63) is 70.1 Å². The smallest absolute Gasteiger partial charge is 0.417 e. The second kappa shape index (κ2) is 5.02. The fourth-order valence-corrected chi connectivity index (χ4v) is 2.37. The Hall–Kier alpha value is -2.56. The van der Waals surface area contributed by atoms with Gasteiger partial charge in [0, 0.05) is 10.9 Å². The zero-order valence-electron chi connectivity index (χ0n) is 11.6. The van der Waals surface area contributed by atoms with Crippen molar-refractivity contribution < 1.29 is 17.6 Å². The number of hydrogen-bond acceptors (Lipinski definition) is 2. The topological polar surface area (TPSA) is 30.2 Å². The molecule has 3 rings (SSSR count). The average Bonchev–Trinajstić information content (AvgIpc) is 2.45. The number of aryl methyl sites for hydroxylation is 1. The van der Waals surface area contributed by atoms with Gasteiger partial charge in [0.15, 0.2) is 0 Å². The van der Waals surface area contributed by atoms with E-state index in [0.29, 0.717) is 11.0 Å².